The number of nitrogens with zero attached hydrogens (tertiary/aromatic N) is 2. The van der Waals surface area contributed by atoms with Gasteiger partial charge in [-0.15, -0.1) is 11.6 Å². The molecule has 2 heterocycles. The van der Waals surface area contributed by atoms with E-state index < -0.39 is 11.8 Å². The Morgan fingerprint density at radius 3 is 2.69 bits per heavy atom. The average Bonchev–Trinajstić information content (AvgIpc) is 3.18. The standard InChI is InChI=1S/C24H24ClN3O3S/c1-2-31-19-7-5-18(6-8-19)28-23(30)20(22(29)26-24(28)32)15-16-4-9-21-17(14-16)10-13-27(21)12-3-11-25/h4-9,14-15H,2-3,10-13H2,1H3,(H,26,29,32)/b20-15-. The molecule has 6 nitrogen and oxygen atoms in total. The number of hydrogen-bond acceptors (Lipinski definition) is 5. The van der Waals surface area contributed by atoms with Crippen LogP contribution in [-0.2, 0) is 16.0 Å². The number of hydrogen-bond donors (Lipinski definition) is 1. The van der Waals surface area contributed by atoms with Crippen LogP contribution in [0.25, 0.3) is 6.08 Å². The first-order valence-corrected chi connectivity index (χ1v) is 11.5. The number of thiocarbonyl (C=S) groups is 1. The molecule has 2 aliphatic rings. The number of anilines is 2. The Hall–Kier alpha value is -2.90. The predicted molar refractivity (Wildman–Crippen MR) is 132 cm³/mol. The third-order valence-electron chi connectivity index (χ3n) is 5.48. The minimum absolute atomic E-state index is 0.0458. The molecule has 2 amide bonds. The first kappa shape index (κ1) is 22.3. The van der Waals surface area contributed by atoms with Crippen LogP contribution in [0.4, 0.5) is 11.4 Å². The largest absolute Gasteiger partial charge is 0.494 e. The zero-order valence-electron chi connectivity index (χ0n) is 17.8. The van der Waals surface area contributed by atoms with Gasteiger partial charge < -0.3 is 9.64 Å². The van der Waals surface area contributed by atoms with Crippen molar-refractivity contribution in [3.63, 3.8) is 0 Å². The molecular weight excluding hydrogens is 446 g/mol. The zero-order chi connectivity index (χ0) is 22.7. The Balaban J connectivity index is 1.59. The van der Waals surface area contributed by atoms with Gasteiger partial charge in [0.15, 0.2) is 5.11 Å². The van der Waals surface area contributed by atoms with Crippen molar-refractivity contribution in [2.45, 2.75) is 19.8 Å². The van der Waals surface area contributed by atoms with Crippen LogP contribution in [-0.4, -0.2) is 42.5 Å². The van der Waals surface area contributed by atoms with E-state index in [2.05, 4.69) is 10.2 Å². The van der Waals surface area contributed by atoms with Gasteiger partial charge >= 0.3 is 0 Å². The summed E-state index contributed by atoms with van der Waals surface area (Å²) in [5.41, 5.74) is 3.81. The van der Waals surface area contributed by atoms with Crippen molar-refractivity contribution in [3.8, 4) is 5.75 Å². The molecule has 1 saturated heterocycles. The smallest absolute Gasteiger partial charge is 0.270 e. The third kappa shape index (κ3) is 4.49. The number of rotatable bonds is 7. The summed E-state index contributed by atoms with van der Waals surface area (Å²) in [4.78, 5) is 29.5. The van der Waals surface area contributed by atoms with Gasteiger partial charge in [0.25, 0.3) is 11.8 Å². The summed E-state index contributed by atoms with van der Waals surface area (Å²) in [5.74, 6) is 0.392. The van der Waals surface area contributed by atoms with Gasteiger partial charge in [-0.25, -0.2) is 0 Å². The molecule has 4 rings (SSSR count). The van der Waals surface area contributed by atoms with Crippen LogP contribution in [0.5, 0.6) is 5.75 Å². The number of nitrogens with one attached hydrogen (secondary N) is 1. The van der Waals surface area contributed by atoms with Crippen LogP contribution in [0.1, 0.15) is 24.5 Å². The van der Waals surface area contributed by atoms with Gasteiger partial charge in [0.2, 0.25) is 0 Å². The Labute approximate surface area is 197 Å². The summed E-state index contributed by atoms with van der Waals surface area (Å²) in [7, 11) is 0. The first-order valence-electron chi connectivity index (χ1n) is 10.6. The van der Waals surface area contributed by atoms with Gasteiger partial charge in [0.05, 0.1) is 12.3 Å². The van der Waals surface area contributed by atoms with E-state index in [4.69, 9.17) is 28.6 Å². The number of halogens is 1. The molecule has 0 radical (unpaired) electrons. The molecule has 0 spiro atoms. The maximum Gasteiger partial charge on any atom is 0.270 e. The predicted octanol–water partition coefficient (Wildman–Crippen LogP) is 3.91. The van der Waals surface area contributed by atoms with Crippen molar-refractivity contribution in [1.82, 2.24) is 5.32 Å². The summed E-state index contributed by atoms with van der Waals surface area (Å²) in [6, 6.07) is 13.0. The van der Waals surface area contributed by atoms with Gasteiger partial charge in [-0.3, -0.25) is 19.8 Å². The van der Waals surface area contributed by atoms with E-state index in [-0.39, 0.29) is 10.7 Å². The summed E-state index contributed by atoms with van der Waals surface area (Å²) in [5, 5.41) is 2.69. The van der Waals surface area contributed by atoms with Crippen molar-refractivity contribution in [1.29, 1.82) is 0 Å². The number of ether oxygens (including phenoxy) is 1. The summed E-state index contributed by atoms with van der Waals surface area (Å²) < 4.78 is 5.46. The molecule has 0 aliphatic carbocycles. The van der Waals surface area contributed by atoms with Crippen LogP contribution in [0.2, 0.25) is 0 Å². The van der Waals surface area contributed by atoms with Crippen molar-refractivity contribution >= 4 is 58.2 Å². The van der Waals surface area contributed by atoms with E-state index in [0.29, 0.717) is 23.9 Å². The second kappa shape index (κ2) is 9.71. The van der Waals surface area contributed by atoms with Gasteiger partial charge in [-0.05, 0) is 85.6 Å². The molecule has 32 heavy (non-hydrogen) atoms. The Kier molecular flexibility index (Phi) is 6.77. The Bertz CT molecular complexity index is 1080. The van der Waals surface area contributed by atoms with Gasteiger partial charge in [-0.2, -0.15) is 0 Å². The van der Waals surface area contributed by atoms with E-state index in [1.807, 2.05) is 25.1 Å². The fraction of sp³-hybridized carbons (Fsp3) is 0.292. The van der Waals surface area contributed by atoms with Crippen molar-refractivity contribution < 1.29 is 14.3 Å². The lowest BCUT2D eigenvalue weighted by atomic mass is 10.0. The minimum atomic E-state index is -0.494. The SMILES string of the molecule is CCOc1ccc(N2C(=O)/C(=C\c3ccc4c(c3)CCN4CCCCl)C(=O)NC2=S)cc1. The van der Waals surface area contributed by atoms with Gasteiger partial charge in [0, 0.05) is 24.7 Å². The molecule has 0 bridgehead atoms. The first-order chi connectivity index (χ1) is 15.5. The van der Waals surface area contributed by atoms with E-state index >= 15 is 0 Å². The number of carbonyl (C=O) groups is 2. The normalized spacial score (nSPS) is 17.1. The average molecular weight is 470 g/mol. The molecule has 2 aliphatic heterocycles. The topological polar surface area (TPSA) is 61.9 Å². The molecule has 0 aromatic heterocycles. The lowest BCUT2D eigenvalue weighted by Gasteiger charge is -2.29. The number of alkyl halides is 1. The molecule has 166 valence electrons. The minimum Gasteiger partial charge on any atom is -0.494 e. The molecular formula is C24H24ClN3O3S. The number of benzene rings is 2. The molecule has 0 unspecified atom stereocenters. The molecule has 2 aromatic rings. The molecule has 0 atom stereocenters. The second-order valence-corrected chi connectivity index (χ2v) is 8.32. The van der Waals surface area contributed by atoms with E-state index in [9.17, 15) is 9.59 Å². The quantitative estimate of drug-likeness (QED) is 0.288. The van der Waals surface area contributed by atoms with Gasteiger partial charge in [0.1, 0.15) is 11.3 Å². The maximum atomic E-state index is 13.2. The van der Waals surface area contributed by atoms with Crippen molar-refractivity contribution in [2.24, 2.45) is 0 Å². The maximum absolute atomic E-state index is 13.2. The van der Waals surface area contributed by atoms with Gasteiger partial charge in [-0.1, -0.05) is 6.07 Å². The van der Waals surface area contributed by atoms with E-state index in [1.54, 1.807) is 30.3 Å². The van der Waals surface area contributed by atoms with Crippen LogP contribution < -0.4 is 19.9 Å². The lowest BCUT2D eigenvalue weighted by molar-refractivity contribution is -0.122. The monoisotopic (exact) mass is 469 g/mol. The summed E-state index contributed by atoms with van der Waals surface area (Å²) in [6.07, 6.45) is 3.49. The molecule has 1 fully saturated rings. The number of fused-ring (bicyclic) bond motifs is 1. The highest BCUT2D eigenvalue weighted by Crippen LogP contribution is 2.30. The highest BCUT2D eigenvalue weighted by Gasteiger charge is 2.34. The number of amides is 2. The molecule has 1 N–H and O–H groups in total. The molecule has 0 saturated carbocycles. The summed E-state index contributed by atoms with van der Waals surface area (Å²) in [6.45, 7) is 4.33. The lowest BCUT2D eigenvalue weighted by Crippen LogP contribution is -2.54. The highest BCUT2D eigenvalue weighted by molar-refractivity contribution is 7.80. The third-order valence-corrected chi connectivity index (χ3v) is 6.03. The second-order valence-electron chi connectivity index (χ2n) is 7.55. The van der Waals surface area contributed by atoms with E-state index in [1.165, 1.54) is 16.2 Å². The summed E-state index contributed by atoms with van der Waals surface area (Å²) >= 11 is 11.1. The highest BCUT2D eigenvalue weighted by atomic mass is 35.5. The van der Waals surface area contributed by atoms with Crippen molar-refractivity contribution in [3.05, 3.63) is 59.2 Å². The van der Waals surface area contributed by atoms with E-state index in [0.717, 1.165) is 31.5 Å². The number of carbonyl (C=O) groups excluding carboxylic acids is 2. The van der Waals surface area contributed by atoms with Crippen LogP contribution in [0, 0.1) is 0 Å². The van der Waals surface area contributed by atoms with Crippen LogP contribution in [0.15, 0.2) is 48.0 Å². The fourth-order valence-electron chi connectivity index (χ4n) is 3.98. The fourth-order valence-corrected chi connectivity index (χ4v) is 4.38. The molecule has 8 heteroatoms. The van der Waals surface area contributed by atoms with Crippen LogP contribution >= 0.6 is 23.8 Å². The Morgan fingerprint density at radius 2 is 1.97 bits per heavy atom. The molecule has 2 aromatic carbocycles. The Morgan fingerprint density at radius 1 is 1.19 bits per heavy atom. The zero-order valence-corrected chi connectivity index (χ0v) is 19.3. The van der Waals surface area contributed by atoms with Crippen molar-refractivity contribution in [2.75, 3.05) is 35.4 Å². The van der Waals surface area contributed by atoms with Crippen LogP contribution in [0.3, 0.4) is 0 Å².